The Morgan fingerprint density at radius 1 is 1.35 bits per heavy atom. The topological polar surface area (TPSA) is 50.1 Å². The van der Waals surface area contributed by atoms with Gasteiger partial charge in [-0.3, -0.25) is 0 Å². The van der Waals surface area contributed by atoms with E-state index in [1.165, 1.54) is 0 Å². The highest BCUT2D eigenvalue weighted by atomic mass is 16.5. The Morgan fingerprint density at radius 2 is 2.06 bits per heavy atom. The van der Waals surface area contributed by atoms with Gasteiger partial charge in [-0.1, -0.05) is 25.1 Å². The van der Waals surface area contributed by atoms with Crippen molar-refractivity contribution in [2.24, 2.45) is 0 Å². The molecule has 0 heterocycles. The average molecular weight is 231 g/mol. The first kappa shape index (κ1) is 13.2. The summed E-state index contributed by atoms with van der Waals surface area (Å²) in [7, 11) is 0. The van der Waals surface area contributed by atoms with E-state index in [2.05, 4.69) is 6.07 Å². The average Bonchev–Trinajstić information content (AvgIpc) is 2.35. The molecule has 3 heteroatoms. The van der Waals surface area contributed by atoms with E-state index in [1.807, 2.05) is 25.1 Å². The van der Waals surface area contributed by atoms with Crippen LogP contribution in [0.5, 0.6) is 0 Å². The van der Waals surface area contributed by atoms with Crippen molar-refractivity contribution in [2.45, 2.75) is 33.1 Å². The van der Waals surface area contributed by atoms with Crippen LogP contribution in [0.3, 0.4) is 0 Å². The summed E-state index contributed by atoms with van der Waals surface area (Å²) in [5, 5.41) is 8.62. The lowest BCUT2D eigenvalue weighted by Crippen LogP contribution is -2.11. The summed E-state index contributed by atoms with van der Waals surface area (Å²) in [6.07, 6.45) is 1.80. The molecule has 0 unspecified atom stereocenters. The number of carbonyl (C=O) groups is 1. The number of nitrogens with zero attached hydrogens (tertiary/aromatic N) is 1. The van der Waals surface area contributed by atoms with Crippen molar-refractivity contribution in [1.29, 1.82) is 5.26 Å². The highest BCUT2D eigenvalue weighted by Crippen LogP contribution is 2.18. The summed E-state index contributed by atoms with van der Waals surface area (Å²) >= 11 is 0. The molecule has 1 aromatic carbocycles. The number of benzene rings is 1. The molecule has 17 heavy (non-hydrogen) atoms. The van der Waals surface area contributed by atoms with Gasteiger partial charge in [-0.2, -0.15) is 5.26 Å². The Balaban J connectivity index is 3.11. The molecule has 0 aliphatic heterocycles. The molecule has 0 atom stereocenters. The molecular weight excluding hydrogens is 214 g/mol. The van der Waals surface area contributed by atoms with Crippen molar-refractivity contribution in [3.63, 3.8) is 0 Å². The fraction of sp³-hybridized carbons (Fsp3) is 0.429. The van der Waals surface area contributed by atoms with Gasteiger partial charge in [-0.15, -0.1) is 0 Å². The first-order chi connectivity index (χ1) is 8.24. The number of aryl methyl sites for hydroxylation is 2. The van der Waals surface area contributed by atoms with Gasteiger partial charge in [0, 0.05) is 6.42 Å². The van der Waals surface area contributed by atoms with Gasteiger partial charge in [-0.05, 0) is 30.9 Å². The minimum Gasteiger partial charge on any atom is -0.462 e. The Hall–Kier alpha value is -1.82. The molecule has 0 aliphatic carbocycles. The largest absolute Gasteiger partial charge is 0.462 e. The third-order valence-electron chi connectivity index (χ3n) is 2.60. The van der Waals surface area contributed by atoms with Crippen LogP contribution < -0.4 is 0 Å². The van der Waals surface area contributed by atoms with E-state index in [9.17, 15) is 4.79 Å². The quantitative estimate of drug-likeness (QED) is 0.732. The number of rotatable bonds is 5. The summed E-state index contributed by atoms with van der Waals surface area (Å²) < 4.78 is 5.07. The Labute approximate surface area is 102 Å². The van der Waals surface area contributed by atoms with Gasteiger partial charge < -0.3 is 4.74 Å². The van der Waals surface area contributed by atoms with Crippen molar-refractivity contribution in [2.75, 3.05) is 6.61 Å². The predicted octanol–water partition coefficient (Wildman–Crippen LogP) is 2.88. The van der Waals surface area contributed by atoms with Crippen LogP contribution in [0.4, 0.5) is 0 Å². The van der Waals surface area contributed by atoms with E-state index < -0.39 is 0 Å². The zero-order valence-electron chi connectivity index (χ0n) is 10.3. The molecule has 0 saturated carbocycles. The second kappa shape index (κ2) is 6.70. The minimum atomic E-state index is -0.280. The molecule has 0 fully saturated rings. The smallest absolute Gasteiger partial charge is 0.338 e. The van der Waals surface area contributed by atoms with E-state index in [0.717, 1.165) is 17.5 Å². The number of hydrogen-bond donors (Lipinski definition) is 0. The molecule has 0 N–H and O–H groups in total. The maximum Gasteiger partial charge on any atom is 0.338 e. The molecule has 3 nitrogen and oxygen atoms in total. The van der Waals surface area contributed by atoms with Crippen molar-refractivity contribution in [1.82, 2.24) is 0 Å². The highest BCUT2D eigenvalue weighted by Gasteiger charge is 2.15. The van der Waals surface area contributed by atoms with Gasteiger partial charge in [0.15, 0.2) is 0 Å². The SMILES string of the molecule is CCOC(=O)c1c(CC)cccc1CCC#N. The third-order valence-corrected chi connectivity index (χ3v) is 2.60. The monoisotopic (exact) mass is 231 g/mol. The highest BCUT2D eigenvalue weighted by molar-refractivity contribution is 5.92. The Bertz CT molecular complexity index is 432. The number of hydrogen-bond acceptors (Lipinski definition) is 3. The Morgan fingerprint density at radius 3 is 2.65 bits per heavy atom. The molecule has 1 aromatic rings. The number of esters is 1. The van der Waals surface area contributed by atoms with Crippen molar-refractivity contribution >= 4 is 5.97 Å². The molecule has 0 spiro atoms. The first-order valence-corrected chi connectivity index (χ1v) is 5.89. The summed E-state index contributed by atoms with van der Waals surface area (Å²) in [5.74, 6) is -0.280. The Kier molecular flexibility index (Phi) is 5.22. The fourth-order valence-corrected chi connectivity index (χ4v) is 1.81. The predicted molar refractivity (Wildman–Crippen MR) is 65.7 cm³/mol. The molecule has 0 saturated heterocycles. The summed E-state index contributed by atoms with van der Waals surface area (Å²) in [6.45, 7) is 4.17. The molecule has 0 aliphatic rings. The second-order valence-corrected chi connectivity index (χ2v) is 3.68. The molecule has 0 aromatic heterocycles. The van der Waals surface area contributed by atoms with Gasteiger partial charge in [0.1, 0.15) is 0 Å². The van der Waals surface area contributed by atoms with Crippen LogP contribution in [0.2, 0.25) is 0 Å². The van der Waals surface area contributed by atoms with Crippen LogP contribution in [-0.2, 0) is 17.6 Å². The lowest BCUT2D eigenvalue weighted by atomic mass is 9.96. The fourth-order valence-electron chi connectivity index (χ4n) is 1.81. The van der Waals surface area contributed by atoms with E-state index in [4.69, 9.17) is 10.00 Å². The first-order valence-electron chi connectivity index (χ1n) is 5.89. The van der Waals surface area contributed by atoms with Crippen LogP contribution in [0, 0.1) is 11.3 Å². The van der Waals surface area contributed by atoms with Gasteiger partial charge >= 0.3 is 5.97 Å². The lowest BCUT2D eigenvalue weighted by molar-refractivity contribution is 0.0524. The minimum absolute atomic E-state index is 0.280. The molecule has 0 amide bonds. The maximum atomic E-state index is 11.9. The van der Waals surface area contributed by atoms with Crippen molar-refractivity contribution in [3.8, 4) is 6.07 Å². The molecular formula is C14H17NO2. The van der Waals surface area contributed by atoms with Gasteiger partial charge in [-0.25, -0.2) is 4.79 Å². The van der Waals surface area contributed by atoms with E-state index in [0.29, 0.717) is 25.0 Å². The number of carbonyl (C=O) groups excluding carboxylic acids is 1. The number of ether oxygens (including phenoxy) is 1. The summed E-state index contributed by atoms with van der Waals surface area (Å²) in [5.41, 5.74) is 2.54. The molecule has 0 bridgehead atoms. The van der Waals surface area contributed by atoms with Crippen LogP contribution in [-0.4, -0.2) is 12.6 Å². The lowest BCUT2D eigenvalue weighted by Gasteiger charge is -2.11. The second-order valence-electron chi connectivity index (χ2n) is 3.68. The van der Waals surface area contributed by atoms with Crippen LogP contribution in [0.15, 0.2) is 18.2 Å². The van der Waals surface area contributed by atoms with Crippen LogP contribution in [0.1, 0.15) is 41.8 Å². The normalized spacial score (nSPS) is 9.71. The van der Waals surface area contributed by atoms with E-state index in [-0.39, 0.29) is 5.97 Å². The molecule has 0 radical (unpaired) electrons. The van der Waals surface area contributed by atoms with E-state index in [1.54, 1.807) is 6.92 Å². The van der Waals surface area contributed by atoms with E-state index >= 15 is 0 Å². The summed E-state index contributed by atoms with van der Waals surface area (Å²) in [6, 6.07) is 7.85. The zero-order chi connectivity index (χ0) is 12.7. The maximum absolute atomic E-state index is 11.9. The van der Waals surface area contributed by atoms with Crippen LogP contribution in [0.25, 0.3) is 0 Å². The standard InChI is InChI=1S/C14H17NO2/c1-3-11-7-5-8-12(9-6-10-15)13(11)14(16)17-4-2/h5,7-8H,3-4,6,9H2,1-2H3. The van der Waals surface area contributed by atoms with Gasteiger partial charge in [0.2, 0.25) is 0 Å². The molecule has 1 rings (SSSR count). The van der Waals surface area contributed by atoms with Gasteiger partial charge in [0.25, 0.3) is 0 Å². The van der Waals surface area contributed by atoms with Gasteiger partial charge in [0.05, 0.1) is 18.2 Å². The number of nitriles is 1. The third kappa shape index (κ3) is 3.32. The molecule has 90 valence electrons. The van der Waals surface area contributed by atoms with Crippen molar-refractivity contribution in [3.05, 3.63) is 34.9 Å². The van der Waals surface area contributed by atoms with Crippen molar-refractivity contribution < 1.29 is 9.53 Å². The van der Waals surface area contributed by atoms with Crippen LogP contribution >= 0.6 is 0 Å². The zero-order valence-corrected chi connectivity index (χ0v) is 10.3. The summed E-state index contributed by atoms with van der Waals surface area (Å²) in [4.78, 5) is 11.9.